The molecular formula is C12H19Cl2IN4O. The van der Waals surface area contributed by atoms with Crippen LogP contribution < -0.4 is 15.8 Å². The molecule has 0 saturated heterocycles. The zero-order valence-corrected chi connectivity index (χ0v) is 15.5. The third kappa shape index (κ3) is 7.96. The average Bonchev–Trinajstić information content (AvgIpc) is 2.24. The van der Waals surface area contributed by atoms with Gasteiger partial charge >= 0.3 is 0 Å². The van der Waals surface area contributed by atoms with E-state index in [1.807, 2.05) is 20.8 Å². The number of hydrogen-bond donors (Lipinski definition) is 2. The molecule has 5 nitrogen and oxygen atoms in total. The highest BCUT2D eigenvalue weighted by Gasteiger charge is 2.09. The molecule has 0 amide bonds. The maximum Gasteiger partial charge on any atom is 0.232 e. The summed E-state index contributed by atoms with van der Waals surface area (Å²) in [6, 6.07) is 1.57. The van der Waals surface area contributed by atoms with Crippen LogP contribution in [0, 0.1) is 0 Å². The Morgan fingerprint density at radius 2 is 2.10 bits per heavy atom. The van der Waals surface area contributed by atoms with Crippen LogP contribution in [0.1, 0.15) is 20.8 Å². The van der Waals surface area contributed by atoms with Crippen LogP contribution in [-0.2, 0) is 0 Å². The largest absolute Gasteiger partial charge is 0.475 e. The van der Waals surface area contributed by atoms with Gasteiger partial charge in [0.1, 0.15) is 11.6 Å². The third-order valence-electron chi connectivity index (χ3n) is 1.89. The van der Waals surface area contributed by atoms with Gasteiger partial charge in [0.05, 0.1) is 11.6 Å². The van der Waals surface area contributed by atoms with Crippen LogP contribution >= 0.6 is 47.2 Å². The quantitative estimate of drug-likeness (QED) is 0.332. The molecule has 1 heterocycles. The third-order valence-corrected chi connectivity index (χ3v) is 2.37. The highest BCUT2D eigenvalue weighted by molar-refractivity contribution is 14.0. The maximum absolute atomic E-state index is 5.91. The summed E-state index contributed by atoms with van der Waals surface area (Å²) in [5, 5.41) is 3.89. The highest BCUT2D eigenvalue weighted by Crippen LogP contribution is 2.24. The number of hydrogen-bond acceptors (Lipinski definition) is 3. The average molecular weight is 433 g/mol. The van der Waals surface area contributed by atoms with Gasteiger partial charge in [0.15, 0.2) is 5.96 Å². The zero-order valence-electron chi connectivity index (χ0n) is 11.6. The highest BCUT2D eigenvalue weighted by atomic mass is 127. The molecule has 1 aromatic heterocycles. The molecule has 0 aliphatic rings. The molecule has 114 valence electrons. The van der Waals surface area contributed by atoms with Gasteiger partial charge in [-0.05, 0) is 26.8 Å². The molecule has 0 aliphatic carbocycles. The monoisotopic (exact) mass is 432 g/mol. The fraction of sp³-hybridized carbons (Fsp3) is 0.500. The second kappa shape index (κ2) is 8.74. The normalized spacial score (nSPS) is 11.8. The van der Waals surface area contributed by atoms with Crippen LogP contribution in [0.5, 0.6) is 5.88 Å². The Hall–Kier alpha value is -0.470. The molecule has 1 rings (SSSR count). The van der Waals surface area contributed by atoms with Gasteiger partial charge in [-0.3, -0.25) is 0 Å². The lowest BCUT2D eigenvalue weighted by Gasteiger charge is -2.20. The van der Waals surface area contributed by atoms with Crippen LogP contribution in [0.2, 0.25) is 10.0 Å². The van der Waals surface area contributed by atoms with Gasteiger partial charge < -0.3 is 15.8 Å². The van der Waals surface area contributed by atoms with Crippen molar-refractivity contribution in [1.82, 2.24) is 10.3 Å². The summed E-state index contributed by atoms with van der Waals surface area (Å²) in [6.45, 7) is 6.76. The first-order chi connectivity index (χ1) is 8.78. The summed E-state index contributed by atoms with van der Waals surface area (Å²) < 4.78 is 5.38. The van der Waals surface area contributed by atoms with E-state index in [0.29, 0.717) is 35.0 Å². The minimum Gasteiger partial charge on any atom is -0.475 e. The molecule has 0 radical (unpaired) electrons. The minimum atomic E-state index is -0.116. The topological polar surface area (TPSA) is 72.5 Å². The Bertz CT molecular complexity index is 463. The number of nitrogens with two attached hydrogens (primary N) is 1. The van der Waals surface area contributed by atoms with Gasteiger partial charge in [0, 0.05) is 11.7 Å². The van der Waals surface area contributed by atoms with E-state index in [4.69, 9.17) is 33.7 Å². The van der Waals surface area contributed by atoms with Crippen LogP contribution in [-0.4, -0.2) is 29.6 Å². The number of halogens is 3. The van der Waals surface area contributed by atoms with E-state index in [1.165, 1.54) is 6.20 Å². The molecule has 0 unspecified atom stereocenters. The smallest absolute Gasteiger partial charge is 0.232 e. The number of aliphatic imine (C=N–C) groups is 1. The number of ether oxygens (including phenoxy) is 1. The van der Waals surface area contributed by atoms with Crippen molar-refractivity contribution < 1.29 is 4.74 Å². The Labute approximate surface area is 146 Å². The van der Waals surface area contributed by atoms with Crippen molar-refractivity contribution in [2.75, 3.05) is 13.2 Å². The number of nitrogens with zero attached hydrogens (tertiary/aromatic N) is 2. The predicted octanol–water partition coefficient (Wildman–Crippen LogP) is 3.09. The predicted molar refractivity (Wildman–Crippen MR) is 94.5 cm³/mol. The van der Waals surface area contributed by atoms with Crippen molar-refractivity contribution >= 4 is 53.1 Å². The summed E-state index contributed by atoms with van der Waals surface area (Å²) in [4.78, 5) is 8.11. The van der Waals surface area contributed by atoms with Gasteiger partial charge in [-0.1, -0.05) is 23.2 Å². The standard InChI is InChI=1S/C12H18Cl2N4O.HI/c1-12(2,3)18-11(15)16-4-5-19-10-9(14)6-8(13)7-17-10;/h6-7H,4-5H2,1-3H3,(H3,15,16,18);1H. The summed E-state index contributed by atoms with van der Waals surface area (Å²) in [7, 11) is 0. The van der Waals surface area contributed by atoms with Crippen molar-refractivity contribution in [1.29, 1.82) is 0 Å². The summed E-state index contributed by atoms with van der Waals surface area (Å²) in [5.74, 6) is 0.717. The Kier molecular flexibility index (Phi) is 8.53. The minimum absolute atomic E-state index is 0. The molecule has 0 atom stereocenters. The van der Waals surface area contributed by atoms with Crippen molar-refractivity contribution in [3.05, 3.63) is 22.3 Å². The number of pyridine rings is 1. The van der Waals surface area contributed by atoms with Gasteiger partial charge in [0.2, 0.25) is 5.88 Å². The number of rotatable bonds is 4. The van der Waals surface area contributed by atoms with Crippen molar-refractivity contribution in [2.45, 2.75) is 26.3 Å². The van der Waals surface area contributed by atoms with Crippen molar-refractivity contribution in [2.24, 2.45) is 10.7 Å². The molecule has 0 bridgehead atoms. The lowest BCUT2D eigenvalue weighted by Crippen LogP contribution is -2.45. The Morgan fingerprint density at radius 1 is 1.45 bits per heavy atom. The molecule has 1 aromatic rings. The van der Waals surface area contributed by atoms with Gasteiger partial charge in [-0.25, -0.2) is 9.98 Å². The molecule has 0 spiro atoms. The summed E-state index contributed by atoms with van der Waals surface area (Å²) >= 11 is 11.6. The molecule has 8 heteroatoms. The fourth-order valence-electron chi connectivity index (χ4n) is 1.24. The Morgan fingerprint density at radius 3 is 2.65 bits per heavy atom. The maximum atomic E-state index is 5.91. The Balaban J connectivity index is 0.00000361. The van der Waals surface area contributed by atoms with Crippen LogP contribution in [0.3, 0.4) is 0 Å². The number of guanidine groups is 1. The van der Waals surface area contributed by atoms with E-state index in [0.717, 1.165) is 0 Å². The molecular weight excluding hydrogens is 414 g/mol. The zero-order chi connectivity index (χ0) is 14.5. The van der Waals surface area contributed by atoms with E-state index >= 15 is 0 Å². The van der Waals surface area contributed by atoms with E-state index < -0.39 is 0 Å². The van der Waals surface area contributed by atoms with Crippen molar-refractivity contribution in [3.8, 4) is 5.88 Å². The summed E-state index contributed by atoms with van der Waals surface area (Å²) in [5.41, 5.74) is 5.60. The molecule has 0 aromatic carbocycles. The molecule has 0 fully saturated rings. The van der Waals surface area contributed by atoms with Gasteiger partial charge in [0.25, 0.3) is 0 Å². The molecule has 20 heavy (non-hydrogen) atoms. The lowest BCUT2D eigenvalue weighted by atomic mass is 10.1. The van der Waals surface area contributed by atoms with Crippen LogP contribution in [0.25, 0.3) is 0 Å². The second-order valence-electron chi connectivity index (χ2n) is 4.93. The second-order valence-corrected chi connectivity index (χ2v) is 5.77. The molecule has 3 N–H and O–H groups in total. The number of nitrogens with one attached hydrogen (secondary N) is 1. The van der Waals surface area contributed by atoms with E-state index in [9.17, 15) is 0 Å². The first-order valence-corrected chi connectivity index (χ1v) is 6.55. The molecule has 0 saturated carbocycles. The van der Waals surface area contributed by atoms with Crippen LogP contribution in [0.15, 0.2) is 17.3 Å². The van der Waals surface area contributed by atoms with E-state index in [2.05, 4.69) is 15.3 Å². The van der Waals surface area contributed by atoms with Crippen LogP contribution in [0.4, 0.5) is 0 Å². The first-order valence-electron chi connectivity index (χ1n) is 5.80. The first kappa shape index (κ1) is 19.5. The SMILES string of the molecule is CC(C)(C)NC(N)=NCCOc1ncc(Cl)cc1Cl.I. The lowest BCUT2D eigenvalue weighted by molar-refractivity contribution is 0.316. The van der Waals surface area contributed by atoms with E-state index in [-0.39, 0.29) is 29.5 Å². The fourth-order valence-corrected chi connectivity index (χ4v) is 1.68. The van der Waals surface area contributed by atoms with E-state index in [1.54, 1.807) is 6.07 Å². The van der Waals surface area contributed by atoms with Gasteiger partial charge in [-0.2, -0.15) is 0 Å². The number of aromatic nitrogens is 1. The van der Waals surface area contributed by atoms with Gasteiger partial charge in [-0.15, -0.1) is 24.0 Å². The summed E-state index contributed by atoms with van der Waals surface area (Å²) in [6.07, 6.45) is 1.47. The van der Waals surface area contributed by atoms with Crippen molar-refractivity contribution in [3.63, 3.8) is 0 Å². The molecule has 0 aliphatic heterocycles.